The first-order chi connectivity index (χ1) is 19.0. The number of thiazole rings is 1. The number of hydrogen-bond acceptors (Lipinski definition) is 9. The number of carbonyl (C=O) groups is 2. The van der Waals surface area contributed by atoms with Gasteiger partial charge in [-0.1, -0.05) is 19.9 Å². The Morgan fingerprint density at radius 2 is 1.82 bits per heavy atom. The van der Waals surface area contributed by atoms with Crippen molar-refractivity contribution in [1.82, 2.24) is 19.8 Å². The summed E-state index contributed by atoms with van der Waals surface area (Å²) in [5, 5.41) is 6.31. The van der Waals surface area contributed by atoms with E-state index in [1.807, 2.05) is 79.1 Å². The van der Waals surface area contributed by atoms with Crippen LogP contribution in [0, 0.1) is 33.6 Å². The zero-order chi connectivity index (χ0) is 30.7. The van der Waals surface area contributed by atoms with Crippen LogP contribution in [-0.4, -0.2) is 76.6 Å². The zero-order valence-electron chi connectivity index (χ0n) is 25.1. The van der Waals surface area contributed by atoms with Crippen LogP contribution in [0.3, 0.4) is 0 Å². The van der Waals surface area contributed by atoms with Crippen LogP contribution >= 0.6 is 23.1 Å². The van der Waals surface area contributed by atoms with Crippen LogP contribution in [0.25, 0.3) is 5.70 Å². The Morgan fingerprint density at radius 1 is 1.20 bits per heavy atom. The molecule has 2 amide bonds. The van der Waals surface area contributed by atoms with Gasteiger partial charge in [0.15, 0.2) is 0 Å². The molecular weight excluding hydrogens is 544 g/mol. The van der Waals surface area contributed by atoms with Crippen LogP contribution in [0.15, 0.2) is 28.7 Å². The summed E-state index contributed by atoms with van der Waals surface area (Å²) >= 11 is 3.27. The van der Waals surface area contributed by atoms with Crippen molar-refractivity contribution in [2.24, 2.45) is 4.99 Å². The molecule has 0 saturated carbocycles. The minimum Gasteiger partial charge on any atom is -0.444 e. The van der Waals surface area contributed by atoms with Gasteiger partial charge in [-0.2, -0.15) is 0 Å². The van der Waals surface area contributed by atoms with E-state index in [1.165, 1.54) is 0 Å². The summed E-state index contributed by atoms with van der Waals surface area (Å²) in [6, 6.07) is 4.01. The number of amides is 2. The largest absolute Gasteiger partial charge is 0.444 e. The van der Waals surface area contributed by atoms with Gasteiger partial charge >= 0.3 is 6.09 Å². The van der Waals surface area contributed by atoms with Gasteiger partial charge in [-0.3, -0.25) is 9.79 Å². The number of aryl methyl sites for hydroxylation is 3. The molecule has 1 aliphatic heterocycles. The Balaban J connectivity index is 0.000000706. The molecule has 2 aromatic heterocycles. The van der Waals surface area contributed by atoms with Gasteiger partial charge < -0.3 is 19.9 Å². The third-order valence-electron chi connectivity index (χ3n) is 4.86. The molecule has 2 aromatic rings. The van der Waals surface area contributed by atoms with Crippen LogP contribution in [0.4, 0.5) is 10.6 Å². The number of anilines is 1. The molecule has 3 heterocycles. The number of hydrogen-bond donors (Lipinski definition) is 1. The molecule has 0 unspecified atom stereocenters. The fourth-order valence-corrected chi connectivity index (χ4v) is 4.72. The summed E-state index contributed by atoms with van der Waals surface area (Å²) in [7, 11) is 0. The lowest BCUT2D eigenvalue weighted by atomic mass is 10.2. The fourth-order valence-electron chi connectivity index (χ4n) is 3.08. The fraction of sp³-hybridized carbons (Fsp3) is 0.483. The molecule has 1 fully saturated rings. The Kier molecular flexibility index (Phi) is 18.0. The van der Waals surface area contributed by atoms with Crippen molar-refractivity contribution in [3.63, 3.8) is 0 Å². The average molecular weight is 589 g/mol. The molecule has 3 rings (SSSR count). The van der Waals surface area contributed by atoms with Crippen LogP contribution in [0.1, 0.15) is 55.8 Å². The maximum Gasteiger partial charge on any atom is 0.410 e. The van der Waals surface area contributed by atoms with Gasteiger partial charge in [-0.05, 0) is 65.3 Å². The predicted octanol–water partition coefficient (Wildman–Crippen LogP) is 6.24. The predicted molar refractivity (Wildman–Crippen MR) is 171 cm³/mol. The first kappa shape index (κ1) is 36.6. The number of pyridine rings is 1. The van der Waals surface area contributed by atoms with Gasteiger partial charge in [-0.25, -0.2) is 14.8 Å². The van der Waals surface area contributed by atoms with E-state index in [0.717, 1.165) is 44.9 Å². The third-order valence-corrected chi connectivity index (χ3v) is 6.66. The number of rotatable bonds is 7. The summed E-state index contributed by atoms with van der Waals surface area (Å²) < 4.78 is 5.23. The van der Waals surface area contributed by atoms with E-state index in [9.17, 15) is 9.59 Å². The highest BCUT2D eigenvalue weighted by atomic mass is 32.2. The first-order valence-electron chi connectivity index (χ1n) is 12.9. The maximum absolute atomic E-state index is 11.6. The lowest BCUT2D eigenvalue weighted by Gasteiger charge is -2.33. The SMILES string of the molecule is C#C.C=N/C(=C\SCNc1ccc(C)cn1)c1sc(C)nc1C.CC.CC(C)(C)OC(=O)N1CCN(C=O)CC1. The number of terminal acetylenes is 1. The van der Waals surface area contributed by atoms with E-state index in [1.54, 1.807) is 32.9 Å². The Labute approximate surface area is 248 Å². The van der Waals surface area contributed by atoms with Crippen molar-refractivity contribution < 1.29 is 14.3 Å². The van der Waals surface area contributed by atoms with E-state index < -0.39 is 5.60 Å². The summed E-state index contributed by atoms with van der Waals surface area (Å²) in [4.78, 5) is 39.3. The minimum absolute atomic E-state index is 0.298. The summed E-state index contributed by atoms with van der Waals surface area (Å²) in [6.07, 6.45) is 10.4. The normalized spacial score (nSPS) is 12.8. The molecule has 0 atom stereocenters. The van der Waals surface area contributed by atoms with Crippen LogP contribution in [0.5, 0.6) is 0 Å². The van der Waals surface area contributed by atoms with Crippen molar-refractivity contribution >= 4 is 53.8 Å². The van der Waals surface area contributed by atoms with Crippen LogP contribution in [0.2, 0.25) is 0 Å². The lowest BCUT2D eigenvalue weighted by molar-refractivity contribution is -0.119. The molecule has 11 heteroatoms. The Bertz CT molecular complexity index is 1080. The first-order valence-corrected chi connectivity index (χ1v) is 14.8. The highest BCUT2D eigenvalue weighted by Crippen LogP contribution is 2.28. The van der Waals surface area contributed by atoms with Gasteiger partial charge in [0, 0.05) is 32.4 Å². The number of aliphatic imine (C=N–C) groups is 1. The van der Waals surface area contributed by atoms with E-state index in [2.05, 4.69) is 39.8 Å². The Morgan fingerprint density at radius 3 is 2.27 bits per heavy atom. The molecule has 0 spiro atoms. The van der Waals surface area contributed by atoms with Crippen molar-refractivity contribution in [3.05, 3.63) is 44.9 Å². The number of carbonyl (C=O) groups excluding carboxylic acids is 2. The molecule has 1 N–H and O–H groups in total. The van der Waals surface area contributed by atoms with E-state index in [-0.39, 0.29) is 6.09 Å². The topological polar surface area (TPSA) is 100 Å². The average Bonchev–Trinajstić information content (AvgIpc) is 3.28. The molecule has 1 saturated heterocycles. The second-order valence-electron chi connectivity index (χ2n) is 9.13. The van der Waals surface area contributed by atoms with Crippen molar-refractivity contribution in [2.75, 3.05) is 37.4 Å². The summed E-state index contributed by atoms with van der Waals surface area (Å²) in [5.41, 5.74) is 2.58. The quantitative estimate of drug-likeness (QED) is 0.134. The molecule has 1 aliphatic rings. The second-order valence-corrected chi connectivity index (χ2v) is 11.2. The number of piperazine rings is 1. The Hall–Kier alpha value is -3.36. The summed E-state index contributed by atoms with van der Waals surface area (Å²) in [5.74, 6) is 1.60. The van der Waals surface area contributed by atoms with Crippen LogP contribution in [-0.2, 0) is 9.53 Å². The number of ether oxygens (including phenoxy) is 1. The van der Waals surface area contributed by atoms with Gasteiger partial charge in [-0.15, -0.1) is 35.9 Å². The van der Waals surface area contributed by atoms with Gasteiger partial charge in [0.1, 0.15) is 11.4 Å². The van der Waals surface area contributed by atoms with Gasteiger partial charge in [0.25, 0.3) is 0 Å². The molecule has 220 valence electrons. The molecule has 0 bridgehead atoms. The number of nitrogens with one attached hydrogen (secondary N) is 1. The molecular formula is C29H44N6O3S2. The van der Waals surface area contributed by atoms with E-state index in [4.69, 9.17) is 4.74 Å². The van der Waals surface area contributed by atoms with Crippen molar-refractivity contribution in [1.29, 1.82) is 0 Å². The molecule has 0 aromatic carbocycles. The zero-order valence-corrected chi connectivity index (χ0v) is 26.7. The van der Waals surface area contributed by atoms with Crippen LogP contribution < -0.4 is 5.32 Å². The monoisotopic (exact) mass is 588 g/mol. The van der Waals surface area contributed by atoms with Gasteiger partial charge in [0.2, 0.25) is 6.41 Å². The maximum atomic E-state index is 11.6. The molecule has 0 radical (unpaired) electrons. The van der Waals surface area contributed by atoms with E-state index >= 15 is 0 Å². The highest BCUT2D eigenvalue weighted by molar-refractivity contribution is 8.02. The second kappa shape index (κ2) is 19.7. The lowest BCUT2D eigenvalue weighted by Crippen LogP contribution is -2.49. The minimum atomic E-state index is -0.459. The van der Waals surface area contributed by atoms with Gasteiger partial charge in [0.05, 0.1) is 27.2 Å². The number of aromatic nitrogens is 2. The smallest absolute Gasteiger partial charge is 0.410 e. The van der Waals surface area contributed by atoms with Crippen molar-refractivity contribution in [2.45, 2.75) is 61.0 Å². The standard InChI is InChI=1S/C15H18N4S2.C10H18N2O3.C2H6.C2H2/c1-10-5-6-14(17-7-10)18-9-20-8-13(16-4)15-11(2)19-12(3)21-15;1-10(2,3)15-9(14)12-6-4-11(8-13)5-7-12;2*1-2/h5-8H,4,9H2,1-3H3,(H,17,18);8H,4-7H2,1-3H3;1-2H3;1-2H/b13-8-;;;. The van der Waals surface area contributed by atoms with Crippen molar-refractivity contribution in [3.8, 4) is 12.8 Å². The molecule has 40 heavy (non-hydrogen) atoms. The number of nitrogens with zero attached hydrogens (tertiary/aromatic N) is 5. The molecule has 9 nitrogen and oxygen atoms in total. The highest BCUT2D eigenvalue weighted by Gasteiger charge is 2.25. The molecule has 0 aliphatic carbocycles. The number of thioether (sulfide) groups is 1. The third kappa shape index (κ3) is 14.1. The van der Waals surface area contributed by atoms with E-state index in [0.29, 0.717) is 26.2 Å². The summed E-state index contributed by atoms with van der Waals surface area (Å²) in [6.45, 7) is 21.5.